The van der Waals surface area contributed by atoms with Gasteiger partial charge < -0.3 is 9.84 Å². The van der Waals surface area contributed by atoms with Crippen LogP contribution in [0.5, 0.6) is 0 Å². The van der Waals surface area contributed by atoms with E-state index in [4.69, 9.17) is 4.52 Å². The van der Waals surface area contributed by atoms with E-state index < -0.39 is 10.0 Å². The fraction of sp³-hybridized carbons (Fsp3) is 0.667. The summed E-state index contributed by atoms with van der Waals surface area (Å²) < 4.78 is 33.1. The zero-order valence-electron chi connectivity index (χ0n) is 17.9. The molecular formula is C21H30N4O4S2. The molecule has 8 nitrogen and oxygen atoms in total. The smallest absolute Gasteiger partial charge is 0.252 e. The Morgan fingerprint density at radius 1 is 1.16 bits per heavy atom. The monoisotopic (exact) mass is 466 g/mol. The molecule has 2 aliphatic rings. The van der Waals surface area contributed by atoms with E-state index in [1.54, 1.807) is 18.4 Å². The summed E-state index contributed by atoms with van der Waals surface area (Å²) in [4.78, 5) is 17.1. The van der Waals surface area contributed by atoms with E-state index >= 15 is 0 Å². The van der Waals surface area contributed by atoms with Crippen LogP contribution in [0.4, 0.5) is 0 Å². The van der Waals surface area contributed by atoms with Crippen molar-refractivity contribution in [2.45, 2.75) is 75.0 Å². The molecule has 0 bridgehead atoms. The Labute approximate surface area is 187 Å². The molecule has 1 atom stereocenters. The first kappa shape index (κ1) is 22.4. The lowest BCUT2D eigenvalue weighted by Gasteiger charge is -2.32. The molecule has 2 aromatic heterocycles. The van der Waals surface area contributed by atoms with E-state index in [1.807, 2.05) is 0 Å². The molecule has 0 radical (unpaired) electrons. The normalized spacial score (nSPS) is 22.0. The van der Waals surface area contributed by atoms with Crippen molar-refractivity contribution in [3.8, 4) is 11.4 Å². The zero-order valence-corrected chi connectivity index (χ0v) is 19.5. The molecule has 3 heterocycles. The van der Waals surface area contributed by atoms with Crippen LogP contribution in [-0.4, -0.2) is 47.9 Å². The molecule has 4 rings (SSSR count). The first-order valence-corrected chi connectivity index (χ1v) is 13.5. The molecule has 1 saturated heterocycles. The fourth-order valence-electron chi connectivity index (χ4n) is 4.41. The predicted octanol–water partition coefficient (Wildman–Crippen LogP) is 3.74. The van der Waals surface area contributed by atoms with Crippen molar-refractivity contribution in [1.82, 2.24) is 19.8 Å². The number of aromatic nitrogens is 2. The number of hydrogen-bond donors (Lipinski definition) is 1. The Balaban J connectivity index is 1.41. The Hall–Kier alpha value is -1.78. The van der Waals surface area contributed by atoms with Gasteiger partial charge in [0.1, 0.15) is 4.21 Å². The SMILES string of the molecule is Cc1nc(-c2csc(S(=O)(=O)N3CCC[C@H](C(=O)NC4CCCCCCC4)C3)c2)no1. The van der Waals surface area contributed by atoms with Gasteiger partial charge >= 0.3 is 0 Å². The summed E-state index contributed by atoms with van der Waals surface area (Å²) in [5, 5.41) is 8.79. The van der Waals surface area contributed by atoms with E-state index in [0.29, 0.717) is 30.2 Å². The van der Waals surface area contributed by atoms with Gasteiger partial charge in [-0.05, 0) is 31.7 Å². The molecule has 1 saturated carbocycles. The summed E-state index contributed by atoms with van der Waals surface area (Å²) in [6.07, 6.45) is 9.50. The topological polar surface area (TPSA) is 105 Å². The van der Waals surface area contributed by atoms with E-state index in [0.717, 1.165) is 43.4 Å². The van der Waals surface area contributed by atoms with Crippen molar-refractivity contribution >= 4 is 27.3 Å². The number of sulfonamides is 1. The second-order valence-electron chi connectivity index (χ2n) is 8.54. The van der Waals surface area contributed by atoms with E-state index in [9.17, 15) is 13.2 Å². The third-order valence-corrected chi connectivity index (χ3v) is 9.44. The summed E-state index contributed by atoms with van der Waals surface area (Å²) >= 11 is 1.14. The average Bonchev–Trinajstić information content (AvgIpc) is 3.39. The van der Waals surface area contributed by atoms with Crippen molar-refractivity contribution in [2.24, 2.45) is 5.92 Å². The molecule has 170 valence electrons. The number of rotatable bonds is 5. The molecule has 0 unspecified atom stereocenters. The molecule has 2 aromatic rings. The van der Waals surface area contributed by atoms with Gasteiger partial charge in [0.2, 0.25) is 17.6 Å². The molecule has 0 spiro atoms. The van der Waals surface area contributed by atoms with Crippen molar-refractivity contribution in [1.29, 1.82) is 0 Å². The van der Waals surface area contributed by atoms with Gasteiger partial charge in [0.25, 0.3) is 10.0 Å². The molecule has 1 amide bonds. The van der Waals surface area contributed by atoms with Crippen molar-refractivity contribution < 1.29 is 17.7 Å². The third-order valence-electron chi connectivity index (χ3n) is 6.16. The molecule has 1 N–H and O–H groups in total. The maximum atomic E-state index is 13.2. The highest BCUT2D eigenvalue weighted by molar-refractivity contribution is 7.91. The molecule has 1 aliphatic heterocycles. The second kappa shape index (κ2) is 9.79. The summed E-state index contributed by atoms with van der Waals surface area (Å²) in [7, 11) is -3.67. The lowest BCUT2D eigenvalue weighted by atomic mass is 9.94. The van der Waals surface area contributed by atoms with Crippen LogP contribution in [0.15, 0.2) is 20.2 Å². The Bertz CT molecular complexity index is 993. The molecule has 31 heavy (non-hydrogen) atoms. The van der Waals surface area contributed by atoms with Gasteiger partial charge in [-0.2, -0.15) is 9.29 Å². The van der Waals surface area contributed by atoms with Crippen LogP contribution < -0.4 is 5.32 Å². The maximum Gasteiger partial charge on any atom is 0.252 e. The van der Waals surface area contributed by atoms with Crippen LogP contribution in [0.25, 0.3) is 11.4 Å². The highest BCUT2D eigenvalue weighted by atomic mass is 32.2. The molecule has 1 aliphatic carbocycles. The number of amides is 1. The van der Waals surface area contributed by atoms with Gasteiger partial charge in [0.15, 0.2) is 0 Å². The van der Waals surface area contributed by atoms with Crippen LogP contribution in [0.2, 0.25) is 0 Å². The molecular weight excluding hydrogens is 436 g/mol. The van der Waals surface area contributed by atoms with Crippen LogP contribution in [0, 0.1) is 12.8 Å². The maximum absolute atomic E-state index is 13.2. The Kier molecular flexibility index (Phi) is 7.08. The number of thiophene rings is 1. The molecule has 10 heteroatoms. The van der Waals surface area contributed by atoms with Crippen LogP contribution in [-0.2, 0) is 14.8 Å². The van der Waals surface area contributed by atoms with Crippen LogP contribution >= 0.6 is 11.3 Å². The second-order valence-corrected chi connectivity index (χ2v) is 11.6. The number of carbonyl (C=O) groups is 1. The van der Waals surface area contributed by atoms with Gasteiger partial charge in [-0.25, -0.2) is 8.42 Å². The number of hydrogen-bond acceptors (Lipinski definition) is 7. The highest BCUT2D eigenvalue weighted by Gasteiger charge is 2.35. The largest absolute Gasteiger partial charge is 0.353 e. The summed E-state index contributed by atoms with van der Waals surface area (Å²) in [6, 6.07) is 1.81. The van der Waals surface area contributed by atoms with Gasteiger partial charge in [-0.1, -0.05) is 37.3 Å². The minimum Gasteiger partial charge on any atom is -0.353 e. The van der Waals surface area contributed by atoms with Crippen molar-refractivity contribution in [3.63, 3.8) is 0 Å². The number of aryl methyl sites for hydroxylation is 1. The number of nitrogens with zero attached hydrogens (tertiary/aromatic N) is 3. The average molecular weight is 467 g/mol. The lowest BCUT2D eigenvalue weighted by molar-refractivity contribution is -0.126. The number of carbonyl (C=O) groups excluding carboxylic acids is 1. The molecule has 0 aromatic carbocycles. The summed E-state index contributed by atoms with van der Waals surface area (Å²) in [5.74, 6) is 0.512. The van der Waals surface area contributed by atoms with Crippen LogP contribution in [0.3, 0.4) is 0 Å². The van der Waals surface area contributed by atoms with E-state index in [-0.39, 0.29) is 28.6 Å². The zero-order chi connectivity index (χ0) is 21.8. The minimum atomic E-state index is -3.67. The first-order chi connectivity index (χ1) is 14.9. The fourth-order valence-corrected chi connectivity index (χ4v) is 7.24. The van der Waals surface area contributed by atoms with Gasteiger partial charge in [0.05, 0.1) is 5.92 Å². The third kappa shape index (κ3) is 5.35. The van der Waals surface area contributed by atoms with Crippen molar-refractivity contribution in [3.05, 3.63) is 17.3 Å². The first-order valence-electron chi connectivity index (χ1n) is 11.1. The van der Waals surface area contributed by atoms with Crippen LogP contribution in [0.1, 0.15) is 63.7 Å². The van der Waals surface area contributed by atoms with E-state index in [1.165, 1.54) is 23.6 Å². The summed E-state index contributed by atoms with van der Waals surface area (Å²) in [5.41, 5.74) is 0.621. The van der Waals surface area contributed by atoms with Crippen molar-refractivity contribution in [2.75, 3.05) is 13.1 Å². The summed E-state index contributed by atoms with van der Waals surface area (Å²) in [6.45, 7) is 2.36. The Morgan fingerprint density at radius 2 is 1.90 bits per heavy atom. The Morgan fingerprint density at radius 3 is 2.61 bits per heavy atom. The standard InChI is InChI=1S/C21H30N4O4S2/c1-15-22-20(24-29-15)17-12-19(30-14-17)31(27,28)25-11-7-8-16(13-25)21(26)23-18-9-5-3-2-4-6-10-18/h12,14,16,18H,2-11,13H2,1H3,(H,23,26)/t16-/m0/s1. The highest BCUT2D eigenvalue weighted by Crippen LogP contribution is 2.31. The minimum absolute atomic E-state index is 0.000357. The number of nitrogens with one attached hydrogen (secondary N) is 1. The van der Waals surface area contributed by atoms with Gasteiger partial charge in [-0.3, -0.25) is 4.79 Å². The quantitative estimate of drug-likeness (QED) is 0.720. The predicted molar refractivity (Wildman–Crippen MR) is 118 cm³/mol. The van der Waals surface area contributed by atoms with E-state index in [2.05, 4.69) is 15.5 Å². The van der Waals surface area contributed by atoms with Gasteiger partial charge in [-0.15, -0.1) is 11.3 Å². The molecule has 2 fully saturated rings. The van der Waals surface area contributed by atoms with Gasteiger partial charge in [0, 0.05) is 37.0 Å². The number of piperidine rings is 1. The lowest BCUT2D eigenvalue weighted by Crippen LogP contribution is -2.47.